The van der Waals surface area contributed by atoms with Crippen LogP contribution in [0.25, 0.3) is 11.5 Å². The van der Waals surface area contributed by atoms with E-state index in [9.17, 15) is 18.4 Å². The van der Waals surface area contributed by atoms with Gasteiger partial charge in [-0.3, -0.25) is 9.59 Å². The third kappa shape index (κ3) is 4.12. The molecule has 0 saturated heterocycles. The topological polar surface area (TPSA) is 76.3 Å². The van der Waals surface area contributed by atoms with E-state index in [1.54, 1.807) is 12.1 Å². The minimum Gasteiger partial charge on any atom is -0.415 e. The molecule has 6 nitrogen and oxygen atoms in total. The number of Topliss-reactive ketones (excluding diaryl/α,β-unsaturated/α-hetero) is 1. The van der Waals surface area contributed by atoms with Gasteiger partial charge in [0.15, 0.2) is 0 Å². The van der Waals surface area contributed by atoms with Crippen LogP contribution in [0.2, 0.25) is 0 Å². The molecule has 2 aliphatic carbocycles. The van der Waals surface area contributed by atoms with Crippen LogP contribution in [0, 0.1) is 11.8 Å². The first-order valence-electron chi connectivity index (χ1n) is 11.1. The van der Waals surface area contributed by atoms with Crippen molar-refractivity contribution in [2.45, 2.75) is 70.4 Å². The summed E-state index contributed by atoms with van der Waals surface area (Å²) in [5.41, 5.74) is 1.90. The van der Waals surface area contributed by atoms with E-state index in [1.165, 1.54) is 12.8 Å². The van der Waals surface area contributed by atoms with E-state index in [0.29, 0.717) is 42.2 Å². The Morgan fingerprint density at radius 3 is 2.68 bits per heavy atom. The van der Waals surface area contributed by atoms with Gasteiger partial charge in [-0.1, -0.05) is 18.9 Å². The smallest absolute Gasteiger partial charge is 0.314 e. The minimum absolute atomic E-state index is 0.0226. The highest BCUT2D eigenvalue weighted by Crippen LogP contribution is 2.39. The predicted molar refractivity (Wildman–Crippen MR) is 107 cm³/mol. The third-order valence-electron chi connectivity index (χ3n) is 6.79. The molecule has 1 amide bonds. The second kappa shape index (κ2) is 8.13. The number of carbonyl (C=O) groups is 2. The van der Waals surface area contributed by atoms with Crippen molar-refractivity contribution in [1.82, 2.24) is 15.1 Å². The van der Waals surface area contributed by atoms with Crippen molar-refractivity contribution in [2.75, 3.05) is 0 Å². The molecule has 8 heteroatoms. The first-order chi connectivity index (χ1) is 15.0. The number of carbonyl (C=O) groups excluding carboxylic acids is 2. The molecule has 1 aromatic carbocycles. The van der Waals surface area contributed by atoms with Crippen LogP contribution in [0.5, 0.6) is 0 Å². The van der Waals surface area contributed by atoms with Crippen molar-refractivity contribution in [3.8, 4) is 11.5 Å². The van der Waals surface area contributed by atoms with Gasteiger partial charge < -0.3 is 9.32 Å². The Labute approximate surface area is 179 Å². The molecule has 1 aromatic heterocycles. The lowest BCUT2D eigenvalue weighted by atomic mass is 9.80. The first kappa shape index (κ1) is 20.3. The quantitative estimate of drug-likeness (QED) is 0.623. The number of ketones is 1. The van der Waals surface area contributed by atoms with Gasteiger partial charge >= 0.3 is 6.43 Å². The number of alkyl halides is 2. The van der Waals surface area contributed by atoms with Gasteiger partial charge in [0, 0.05) is 36.6 Å². The summed E-state index contributed by atoms with van der Waals surface area (Å²) >= 11 is 0. The Morgan fingerprint density at radius 2 is 1.94 bits per heavy atom. The molecule has 1 aliphatic heterocycles. The lowest BCUT2D eigenvalue weighted by Crippen LogP contribution is -2.43. The zero-order valence-corrected chi connectivity index (χ0v) is 17.2. The fourth-order valence-corrected chi connectivity index (χ4v) is 5.02. The van der Waals surface area contributed by atoms with Gasteiger partial charge in [0.05, 0.1) is 0 Å². The Hall–Kier alpha value is -2.64. The highest BCUT2D eigenvalue weighted by atomic mass is 19.3. The van der Waals surface area contributed by atoms with E-state index in [1.807, 2.05) is 11.0 Å². The van der Waals surface area contributed by atoms with Crippen molar-refractivity contribution in [2.24, 2.45) is 11.8 Å². The normalized spacial score (nSPS) is 23.5. The molecule has 0 N–H and O–H groups in total. The van der Waals surface area contributed by atoms with Gasteiger partial charge in [-0.2, -0.15) is 8.78 Å². The van der Waals surface area contributed by atoms with E-state index in [4.69, 9.17) is 4.42 Å². The Kier molecular flexibility index (Phi) is 5.32. The molecule has 1 unspecified atom stereocenters. The van der Waals surface area contributed by atoms with E-state index in [0.717, 1.165) is 31.2 Å². The standard InChI is InChI=1S/C23H25F2N3O3/c24-20(25)22-27-26-21(31-22)15-7-8-16-12-28(23(30)18(16)11-15)19-4-2-1-3-14(19)10-17(29)9-13-5-6-13/h7-8,11,13-14,19-20H,1-6,9-10,12H2/t14-,19?/m0/s1. The summed E-state index contributed by atoms with van der Waals surface area (Å²) in [6.07, 6.45) is 4.79. The van der Waals surface area contributed by atoms with Gasteiger partial charge in [-0.05, 0) is 55.2 Å². The fraction of sp³-hybridized carbons (Fsp3) is 0.565. The van der Waals surface area contributed by atoms with Crippen LogP contribution in [0.1, 0.15) is 79.6 Å². The molecule has 164 valence electrons. The second-order valence-corrected chi connectivity index (χ2v) is 9.05. The number of benzene rings is 1. The van der Waals surface area contributed by atoms with Crippen molar-refractivity contribution in [3.05, 3.63) is 35.2 Å². The molecule has 2 fully saturated rings. The van der Waals surface area contributed by atoms with Crippen molar-refractivity contribution >= 4 is 11.7 Å². The summed E-state index contributed by atoms with van der Waals surface area (Å²) < 4.78 is 30.5. The van der Waals surface area contributed by atoms with Crippen LogP contribution in [-0.2, 0) is 11.3 Å². The average molecular weight is 429 g/mol. The lowest BCUT2D eigenvalue weighted by molar-refractivity contribution is -0.121. The summed E-state index contributed by atoms with van der Waals surface area (Å²) in [5.74, 6) is 0.298. The van der Waals surface area contributed by atoms with Gasteiger partial charge in [-0.15, -0.1) is 10.2 Å². The molecule has 2 atom stereocenters. The number of rotatable bonds is 7. The number of halogens is 2. The zero-order valence-electron chi connectivity index (χ0n) is 17.2. The largest absolute Gasteiger partial charge is 0.415 e. The fourth-order valence-electron chi connectivity index (χ4n) is 5.02. The SMILES string of the molecule is O=C(CC1CC1)C[C@@H]1CCCCC1N1Cc2ccc(-c3nnc(C(F)F)o3)cc2C1=O. The molecule has 3 aliphatic rings. The van der Waals surface area contributed by atoms with Crippen LogP contribution < -0.4 is 0 Å². The first-order valence-corrected chi connectivity index (χ1v) is 11.1. The maximum atomic E-state index is 13.3. The maximum Gasteiger partial charge on any atom is 0.314 e. The van der Waals surface area contributed by atoms with Crippen molar-refractivity contribution < 1.29 is 22.8 Å². The van der Waals surface area contributed by atoms with Crippen LogP contribution in [0.4, 0.5) is 8.78 Å². The monoisotopic (exact) mass is 429 g/mol. The molecule has 0 spiro atoms. The van der Waals surface area contributed by atoms with Gasteiger partial charge in [0.1, 0.15) is 5.78 Å². The second-order valence-electron chi connectivity index (χ2n) is 9.05. The summed E-state index contributed by atoms with van der Waals surface area (Å²) in [4.78, 5) is 27.7. The minimum atomic E-state index is -2.83. The molecule has 2 saturated carbocycles. The maximum absolute atomic E-state index is 13.3. The Balaban J connectivity index is 1.33. The summed E-state index contributed by atoms with van der Waals surface area (Å²) in [6.45, 7) is 0.512. The van der Waals surface area contributed by atoms with Crippen LogP contribution >= 0.6 is 0 Å². The number of aromatic nitrogens is 2. The molecule has 0 radical (unpaired) electrons. The average Bonchev–Trinajstić information content (AvgIpc) is 3.31. The highest BCUT2D eigenvalue weighted by molar-refractivity contribution is 5.99. The molecule has 31 heavy (non-hydrogen) atoms. The molecule has 2 aromatic rings. The van der Waals surface area contributed by atoms with Gasteiger partial charge in [0.25, 0.3) is 11.8 Å². The summed E-state index contributed by atoms with van der Waals surface area (Å²) in [5, 5.41) is 7.04. The number of amides is 1. The molecular weight excluding hydrogens is 404 g/mol. The number of hydrogen-bond acceptors (Lipinski definition) is 5. The lowest BCUT2D eigenvalue weighted by Gasteiger charge is -2.37. The molecule has 0 bridgehead atoms. The molecule has 2 heterocycles. The van der Waals surface area contributed by atoms with E-state index < -0.39 is 12.3 Å². The van der Waals surface area contributed by atoms with Crippen LogP contribution in [-0.4, -0.2) is 32.8 Å². The third-order valence-corrected chi connectivity index (χ3v) is 6.79. The predicted octanol–water partition coefficient (Wildman–Crippen LogP) is 4.95. The Bertz CT molecular complexity index is 1000. The van der Waals surface area contributed by atoms with Gasteiger partial charge in [-0.25, -0.2) is 0 Å². The van der Waals surface area contributed by atoms with E-state index in [2.05, 4.69) is 10.2 Å². The zero-order chi connectivity index (χ0) is 21.5. The number of fused-ring (bicyclic) bond motifs is 1. The summed E-state index contributed by atoms with van der Waals surface area (Å²) in [6, 6.07) is 5.26. The van der Waals surface area contributed by atoms with Crippen molar-refractivity contribution in [3.63, 3.8) is 0 Å². The van der Waals surface area contributed by atoms with E-state index >= 15 is 0 Å². The van der Waals surface area contributed by atoms with E-state index in [-0.39, 0.29) is 23.8 Å². The van der Waals surface area contributed by atoms with Crippen LogP contribution in [0.15, 0.2) is 22.6 Å². The summed E-state index contributed by atoms with van der Waals surface area (Å²) in [7, 11) is 0. The molecule has 5 rings (SSSR count). The van der Waals surface area contributed by atoms with Crippen LogP contribution in [0.3, 0.4) is 0 Å². The number of nitrogens with zero attached hydrogens (tertiary/aromatic N) is 3. The molecular formula is C23H25F2N3O3. The van der Waals surface area contributed by atoms with Crippen molar-refractivity contribution in [1.29, 1.82) is 0 Å². The Morgan fingerprint density at radius 1 is 1.13 bits per heavy atom. The van der Waals surface area contributed by atoms with Gasteiger partial charge in [0.2, 0.25) is 5.89 Å². The highest BCUT2D eigenvalue weighted by Gasteiger charge is 2.39. The number of hydrogen-bond donors (Lipinski definition) is 0.